The van der Waals surface area contributed by atoms with E-state index in [0.29, 0.717) is 29.3 Å². The third-order valence-electron chi connectivity index (χ3n) is 3.85. The number of ether oxygens (including phenoxy) is 1. The third-order valence-corrected chi connectivity index (χ3v) is 3.85. The van der Waals surface area contributed by atoms with Crippen molar-refractivity contribution in [2.75, 3.05) is 6.61 Å². The molecular formula is C21H19NO4. The molecule has 0 saturated heterocycles. The molecule has 0 aliphatic carbocycles. The summed E-state index contributed by atoms with van der Waals surface area (Å²) >= 11 is 0. The van der Waals surface area contributed by atoms with Crippen LogP contribution in [-0.2, 0) is 0 Å². The maximum Gasteiger partial charge on any atom is 0.335 e. The number of aromatic carboxylic acids is 1. The molecule has 0 amide bonds. The van der Waals surface area contributed by atoms with E-state index >= 15 is 0 Å². The van der Waals surface area contributed by atoms with Crippen LogP contribution in [0.4, 0.5) is 5.69 Å². The molecule has 26 heavy (non-hydrogen) atoms. The molecule has 2 aromatic carbocycles. The Morgan fingerprint density at radius 1 is 1.19 bits per heavy atom. The normalized spacial score (nSPS) is 11.0. The molecule has 3 aromatic rings. The predicted molar refractivity (Wildman–Crippen MR) is 101 cm³/mol. The van der Waals surface area contributed by atoms with E-state index < -0.39 is 5.97 Å². The Morgan fingerprint density at radius 2 is 2.04 bits per heavy atom. The second-order valence-electron chi connectivity index (χ2n) is 5.73. The van der Waals surface area contributed by atoms with Crippen LogP contribution in [0.1, 0.15) is 28.6 Å². The van der Waals surface area contributed by atoms with Crippen molar-refractivity contribution in [3.05, 3.63) is 71.5 Å². The number of hydrogen-bond donors (Lipinski definition) is 1. The fourth-order valence-electron chi connectivity index (χ4n) is 2.54. The van der Waals surface area contributed by atoms with E-state index in [1.54, 1.807) is 37.4 Å². The van der Waals surface area contributed by atoms with E-state index in [4.69, 9.17) is 9.15 Å². The molecule has 3 rings (SSSR count). The zero-order chi connectivity index (χ0) is 18.5. The van der Waals surface area contributed by atoms with Crippen molar-refractivity contribution in [1.82, 2.24) is 0 Å². The molecule has 0 bridgehead atoms. The fraction of sp³-hybridized carbons (Fsp3) is 0.143. The molecule has 1 heterocycles. The van der Waals surface area contributed by atoms with Crippen molar-refractivity contribution < 1.29 is 19.1 Å². The molecule has 0 unspecified atom stereocenters. The highest BCUT2D eigenvalue weighted by atomic mass is 16.5. The molecule has 1 N–H and O–H groups in total. The lowest BCUT2D eigenvalue weighted by Crippen LogP contribution is -1.99. The highest BCUT2D eigenvalue weighted by molar-refractivity contribution is 5.91. The standard InChI is InChI=1S/C21H19NO4/c1-3-25-17-6-4-5-16(12-17)22-13-18-9-10-20(26-18)15-8-7-14(2)19(11-15)21(23)24/h4-13H,3H2,1-2H3,(H,23,24). The molecule has 0 radical (unpaired) electrons. The van der Waals surface area contributed by atoms with Crippen LogP contribution in [0.3, 0.4) is 0 Å². The van der Waals surface area contributed by atoms with Gasteiger partial charge in [-0.3, -0.25) is 4.99 Å². The molecule has 0 spiro atoms. The van der Waals surface area contributed by atoms with Gasteiger partial charge in [0, 0.05) is 11.6 Å². The number of hydrogen-bond acceptors (Lipinski definition) is 4. The summed E-state index contributed by atoms with van der Waals surface area (Å²) in [5.41, 5.74) is 2.45. The summed E-state index contributed by atoms with van der Waals surface area (Å²) in [6, 6.07) is 16.3. The molecule has 132 valence electrons. The van der Waals surface area contributed by atoms with Crippen LogP contribution in [0.25, 0.3) is 11.3 Å². The number of carboxylic acids is 1. The molecular weight excluding hydrogens is 330 g/mol. The van der Waals surface area contributed by atoms with Gasteiger partial charge in [-0.05, 0) is 49.7 Å². The van der Waals surface area contributed by atoms with Gasteiger partial charge in [0.2, 0.25) is 0 Å². The molecule has 1 aromatic heterocycles. The number of furan rings is 1. The molecule has 0 fully saturated rings. The minimum absolute atomic E-state index is 0.266. The summed E-state index contributed by atoms with van der Waals surface area (Å²) in [7, 11) is 0. The van der Waals surface area contributed by atoms with Crippen LogP contribution in [0.2, 0.25) is 0 Å². The Balaban J connectivity index is 1.81. The number of rotatable bonds is 6. The first kappa shape index (κ1) is 17.5. The second-order valence-corrected chi connectivity index (χ2v) is 5.73. The van der Waals surface area contributed by atoms with Gasteiger partial charge in [-0.2, -0.15) is 0 Å². The van der Waals surface area contributed by atoms with Crippen molar-refractivity contribution in [3.8, 4) is 17.1 Å². The van der Waals surface area contributed by atoms with Crippen LogP contribution in [0.15, 0.2) is 64.0 Å². The van der Waals surface area contributed by atoms with E-state index in [1.807, 2.05) is 37.3 Å². The van der Waals surface area contributed by atoms with Gasteiger partial charge in [-0.25, -0.2) is 4.79 Å². The molecule has 5 nitrogen and oxygen atoms in total. The Morgan fingerprint density at radius 3 is 2.81 bits per heavy atom. The van der Waals surface area contributed by atoms with Crippen LogP contribution in [0, 0.1) is 6.92 Å². The lowest BCUT2D eigenvalue weighted by molar-refractivity contribution is 0.0696. The van der Waals surface area contributed by atoms with Crippen LogP contribution in [-0.4, -0.2) is 23.9 Å². The van der Waals surface area contributed by atoms with Gasteiger partial charge in [0.25, 0.3) is 0 Å². The zero-order valence-electron chi connectivity index (χ0n) is 14.6. The van der Waals surface area contributed by atoms with E-state index in [0.717, 1.165) is 11.4 Å². The summed E-state index contributed by atoms with van der Waals surface area (Å²) in [5, 5.41) is 9.25. The smallest absolute Gasteiger partial charge is 0.335 e. The van der Waals surface area contributed by atoms with Crippen molar-refractivity contribution in [1.29, 1.82) is 0 Å². The molecule has 0 aliphatic heterocycles. The molecule has 0 aliphatic rings. The number of carbonyl (C=O) groups is 1. The highest BCUT2D eigenvalue weighted by Gasteiger charge is 2.11. The van der Waals surface area contributed by atoms with Gasteiger partial charge in [0.1, 0.15) is 17.3 Å². The average Bonchev–Trinajstić information content (AvgIpc) is 3.10. The van der Waals surface area contributed by atoms with Crippen molar-refractivity contribution >= 4 is 17.9 Å². The Hall–Kier alpha value is -3.34. The van der Waals surface area contributed by atoms with Gasteiger partial charge < -0.3 is 14.3 Å². The largest absolute Gasteiger partial charge is 0.494 e. The highest BCUT2D eigenvalue weighted by Crippen LogP contribution is 2.25. The molecule has 0 saturated carbocycles. The second kappa shape index (κ2) is 7.70. The summed E-state index contributed by atoms with van der Waals surface area (Å²) in [5.74, 6) is 0.992. The Kier molecular flexibility index (Phi) is 5.17. The van der Waals surface area contributed by atoms with Crippen LogP contribution >= 0.6 is 0 Å². The summed E-state index contributed by atoms with van der Waals surface area (Å²) in [6.07, 6.45) is 1.63. The number of aliphatic imine (C=N–C) groups is 1. The van der Waals surface area contributed by atoms with Crippen molar-refractivity contribution in [3.63, 3.8) is 0 Å². The van der Waals surface area contributed by atoms with Gasteiger partial charge in [-0.15, -0.1) is 0 Å². The van der Waals surface area contributed by atoms with E-state index in [-0.39, 0.29) is 5.56 Å². The van der Waals surface area contributed by atoms with Gasteiger partial charge >= 0.3 is 5.97 Å². The Bertz CT molecular complexity index is 956. The first-order valence-corrected chi connectivity index (χ1v) is 8.28. The Labute approximate surface area is 151 Å². The fourth-order valence-corrected chi connectivity index (χ4v) is 2.54. The van der Waals surface area contributed by atoms with Gasteiger partial charge in [-0.1, -0.05) is 18.2 Å². The lowest BCUT2D eigenvalue weighted by atomic mass is 10.0. The predicted octanol–water partition coefficient (Wildman–Crippen LogP) is 5.10. The first-order valence-electron chi connectivity index (χ1n) is 8.28. The quantitative estimate of drug-likeness (QED) is 0.628. The maximum atomic E-state index is 11.3. The lowest BCUT2D eigenvalue weighted by Gasteiger charge is -2.03. The van der Waals surface area contributed by atoms with Crippen molar-refractivity contribution in [2.45, 2.75) is 13.8 Å². The van der Waals surface area contributed by atoms with Gasteiger partial charge in [0.15, 0.2) is 0 Å². The van der Waals surface area contributed by atoms with E-state index in [1.165, 1.54) is 0 Å². The minimum Gasteiger partial charge on any atom is -0.494 e. The molecule has 5 heteroatoms. The SMILES string of the molecule is CCOc1cccc(N=Cc2ccc(-c3ccc(C)c(C(=O)O)c3)o2)c1. The first-order chi connectivity index (χ1) is 12.6. The topological polar surface area (TPSA) is 72.0 Å². The summed E-state index contributed by atoms with van der Waals surface area (Å²) < 4.78 is 11.2. The summed E-state index contributed by atoms with van der Waals surface area (Å²) in [4.78, 5) is 15.7. The zero-order valence-corrected chi connectivity index (χ0v) is 14.6. The van der Waals surface area contributed by atoms with Crippen LogP contribution < -0.4 is 4.74 Å². The third kappa shape index (κ3) is 4.00. The summed E-state index contributed by atoms with van der Waals surface area (Å²) in [6.45, 7) is 4.30. The number of carboxylic acid groups (broad SMARTS) is 1. The minimum atomic E-state index is -0.952. The van der Waals surface area contributed by atoms with E-state index in [2.05, 4.69) is 4.99 Å². The van der Waals surface area contributed by atoms with Crippen molar-refractivity contribution in [2.24, 2.45) is 4.99 Å². The van der Waals surface area contributed by atoms with Crippen LogP contribution in [0.5, 0.6) is 5.75 Å². The van der Waals surface area contributed by atoms with Gasteiger partial charge in [0.05, 0.1) is 24.1 Å². The number of benzene rings is 2. The number of aryl methyl sites for hydroxylation is 1. The molecule has 0 atom stereocenters. The number of nitrogens with zero attached hydrogens (tertiary/aromatic N) is 1. The van der Waals surface area contributed by atoms with E-state index in [9.17, 15) is 9.90 Å². The maximum absolute atomic E-state index is 11.3. The monoisotopic (exact) mass is 349 g/mol. The average molecular weight is 349 g/mol.